The Morgan fingerprint density at radius 3 is 2.67 bits per heavy atom. The molecule has 1 atom stereocenters. The van der Waals surface area contributed by atoms with Crippen molar-refractivity contribution in [2.75, 3.05) is 12.4 Å². The number of ketones is 1. The summed E-state index contributed by atoms with van der Waals surface area (Å²) >= 11 is 0. The molecule has 0 aromatic heterocycles. The van der Waals surface area contributed by atoms with Crippen molar-refractivity contribution in [3.63, 3.8) is 0 Å². The predicted octanol–water partition coefficient (Wildman–Crippen LogP) is 2.58. The van der Waals surface area contributed by atoms with Crippen molar-refractivity contribution in [1.29, 1.82) is 0 Å². The molecule has 0 bridgehead atoms. The van der Waals surface area contributed by atoms with Crippen LogP contribution in [-0.4, -0.2) is 28.8 Å². The van der Waals surface area contributed by atoms with Crippen LogP contribution in [0.25, 0.3) is 0 Å². The number of rotatable bonds is 6. The largest absolute Gasteiger partial charge is 0.490 e. The first kappa shape index (κ1) is 18.5. The molecule has 1 aliphatic rings. The number of ether oxygens (including phenoxy) is 1. The summed E-state index contributed by atoms with van der Waals surface area (Å²) in [7, 11) is 1.29. The fourth-order valence-corrected chi connectivity index (χ4v) is 3.13. The number of carbonyl (C=O) groups is 2. The highest BCUT2D eigenvalue weighted by atomic mass is 16.6. The lowest BCUT2D eigenvalue weighted by atomic mass is 9.87. The van der Waals surface area contributed by atoms with E-state index in [0.29, 0.717) is 17.7 Å². The Kier molecular flexibility index (Phi) is 4.67. The minimum atomic E-state index is -2.02. The highest BCUT2D eigenvalue weighted by molar-refractivity contribution is 6.09. The van der Waals surface area contributed by atoms with E-state index in [1.165, 1.54) is 19.2 Å². The SMILES string of the molecule is CCc1ccc2c(c1)[C@](O)(CC(=O)c1ccc(OC)c([N+](=O)[O-])c1)C(=O)N2. The van der Waals surface area contributed by atoms with Gasteiger partial charge in [0.15, 0.2) is 17.1 Å². The van der Waals surface area contributed by atoms with Crippen molar-refractivity contribution >= 4 is 23.1 Å². The van der Waals surface area contributed by atoms with E-state index in [2.05, 4.69) is 5.32 Å². The number of aliphatic hydroxyl groups is 1. The van der Waals surface area contributed by atoms with E-state index in [9.17, 15) is 24.8 Å². The van der Waals surface area contributed by atoms with E-state index in [0.717, 1.165) is 11.6 Å². The van der Waals surface area contributed by atoms with Crippen molar-refractivity contribution in [1.82, 2.24) is 0 Å². The molecule has 0 radical (unpaired) electrons. The van der Waals surface area contributed by atoms with Crippen LogP contribution in [0.4, 0.5) is 11.4 Å². The third kappa shape index (κ3) is 3.15. The van der Waals surface area contributed by atoms with Crippen LogP contribution in [0, 0.1) is 10.1 Å². The lowest BCUT2D eigenvalue weighted by Crippen LogP contribution is -2.36. The molecule has 3 rings (SSSR count). The molecular formula is C19H18N2O6. The standard InChI is InChI=1S/C19H18N2O6/c1-3-11-4-6-14-13(8-11)19(24,18(23)20-14)10-16(22)12-5-7-17(27-2)15(9-12)21(25)26/h4-9,24H,3,10H2,1-2H3,(H,20,23)/t19-/m1/s1. The number of nitrogens with zero attached hydrogens (tertiary/aromatic N) is 1. The Morgan fingerprint density at radius 1 is 1.30 bits per heavy atom. The number of anilines is 1. The average molecular weight is 370 g/mol. The van der Waals surface area contributed by atoms with Gasteiger partial charge >= 0.3 is 5.69 Å². The zero-order valence-electron chi connectivity index (χ0n) is 14.8. The Morgan fingerprint density at radius 2 is 2.04 bits per heavy atom. The summed E-state index contributed by atoms with van der Waals surface area (Å²) in [6.45, 7) is 1.94. The van der Waals surface area contributed by atoms with E-state index >= 15 is 0 Å². The van der Waals surface area contributed by atoms with Gasteiger partial charge in [0.25, 0.3) is 5.91 Å². The van der Waals surface area contributed by atoms with Crippen molar-refractivity contribution in [3.8, 4) is 5.75 Å². The molecule has 2 N–H and O–H groups in total. The summed E-state index contributed by atoms with van der Waals surface area (Å²) in [4.78, 5) is 35.5. The Balaban J connectivity index is 1.96. The quantitative estimate of drug-likeness (QED) is 0.458. The fourth-order valence-electron chi connectivity index (χ4n) is 3.13. The van der Waals surface area contributed by atoms with Gasteiger partial charge in [-0.2, -0.15) is 0 Å². The highest BCUT2D eigenvalue weighted by Crippen LogP contribution is 2.40. The first-order valence-electron chi connectivity index (χ1n) is 8.33. The van der Waals surface area contributed by atoms with Gasteiger partial charge in [-0.3, -0.25) is 19.7 Å². The van der Waals surface area contributed by atoms with E-state index < -0.39 is 28.6 Å². The molecule has 8 heteroatoms. The smallest absolute Gasteiger partial charge is 0.311 e. The molecule has 0 saturated heterocycles. The highest BCUT2D eigenvalue weighted by Gasteiger charge is 2.47. The van der Waals surface area contributed by atoms with E-state index in [1.54, 1.807) is 12.1 Å². The van der Waals surface area contributed by atoms with Gasteiger partial charge < -0.3 is 15.2 Å². The van der Waals surface area contributed by atoms with Crippen LogP contribution >= 0.6 is 0 Å². The van der Waals surface area contributed by atoms with Crippen molar-refractivity contribution in [2.24, 2.45) is 0 Å². The first-order valence-corrected chi connectivity index (χ1v) is 8.33. The molecule has 1 heterocycles. The van der Waals surface area contributed by atoms with Crippen LogP contribution in [0.1, 0.15) is 34.8 Å². The summed E-state index contributed by atoms with van der Waals surface area (Å²) in [6.07, 6.45) is 0.179. The normalized spacial score (nSPS) is 18.0. The number of Topliss-reactive ketones (excluding diaryl/α,β-unsaturated/α-hetero) is 1. The summed E-state index contributed by atoms with van der Waals surface area (Å²) in [6, 6.07) is 8.98. The molecule has 2 aromatic rings. The molecule has 8 nitrogen and oxygen atoms in total. The third-order valence-electron chi connectivity index (χ3n) is 4.68. The number of fused-ring (bicyclic) bond motifs is 1. The minimum absolute atomic E-state index is 0.0174. The van der Waals surface area contributed by atoms with Crippen molar-refractivity contribution in [2.45, 2.75) is 25.4 Å². The lowest BCUT2D eigenvalue weighted by molar-refractivity contribution is -0.385. The van der Waals surface area contributed by atoms with E-state index in [4.69, 9.17) is 4.74 Å². The third-order valence-corrected chi connectivity index (χ3v) is 4.68. The molecule has 2 aromatic carbocycles. The first-order chi connectivity index (χ1) is 12.8. The number of hydrogen-bond acceptors (Lipinski definition) is 6. The van der Waals surface area contributed by atoms with Gasteiger partial charge in [0.1, 0.15) is 0 Å². The summed E-state index contributed by atoms with van der Waals surface area (Å²) < 4.78 is 4.92. The predicted molar refractivity (Wildman–Crippen MR) is 96.9 cm³/mol. The molecular weight excluding hydrogens is 352 g/mol. The van der Waals surface area contributed by atoms with Crippen LogP contribution < -0.4 is 10.1 Å². The number of aryl methyl sites for hydroxylation is 1. The molecule has 0 fully saturated rings. The van der Waals surface area contributed by atoms with E-state index in [1.807, 2.05) is 13.0 Å². The number of nitro benzene ring substituents is 1. The minimum Gasteiger partial charge on any atom is -0.490 e. The van der Waals surface area contributed by atoms with Gasteiger partial charge in [0, 0.05) is 22.9 Å². The molecule has 0 aliphatic carbocycles. The maximum absolute atomic E-state index is 12.7. The Bertz CT molecular complexity index is 955. The second-order valence-electron chi connectivity index (χ2n) is 6.29. The summed E-state index contributed by atoms with van der Waals surface area (Å²) in [5, 5.41) is 24.7. The van der Waals surface area contributed by atoms with Crippen molar-refractivity contribution < 1.29 is 24.4 Å². The van der Waals surface area contributed by atoms with Gasteiger partial charge in [0.05, 0.1) is 18.5 Å². The maximum Gasteiger partial charge on any atom is 0.311 e. The number of nitrogens with one attached hydrogen (secondary N) is 1. The van der Waals surface area contributed by atoms with Gasteiger partial charge in [0.2, 0.25) is 0 Å². The molecule has 1 amide bonds. The number of amides is 1. The molecule has 0 saturated carbocycles. The fraction of sp³-hybridized carbons (Fsp3) is 0.263. The second-order valence-corrected chi connectivity index (χ2v) is 6.29. The molecule has 140 valence electrons. The number of benzene rings is 2. The van der Waals surface area contributed by atoms with E-state index in [-0.39, 0.29) is 17.0 Å². The number of hydrogen-bond donors (Lipinski definition) is 2. The Labute approximate surface area is 154 Å². The maximum atomic E-state index is 12.7. The monoisotopic (exact) mass is 370 g/mol. The van der Waals surface area contributed by atoms with Crippen LogP contribution in [0.5, 0.6) is 5.75 Å². The van der Waals surface area contributed by atoms with Crippen molar-refractivity contribution in [3.05, 3.63) is 63.2 Å². The molecule has 0 spiro atoms. The lowest BCUT2D eigenvalue weighted by Gasteiger charge is -2.20. The summed E-state index contributed by atoms with van der Waals surface area (Å²) in [5.74, 6) is -1.26. The molecule has 0 unspecified atom stereocenters. The molecule has 27 heavy (non-hydrogen) atoms. The van der Waals surface area contributed by atoms with Crippen LogP contribution in [-0.2, 0) is 16.8 Å². The average Bonchev–Trinajstić information content (AvgIpc) is 2.90. The van der Waals surface area contributed by atoms with Crippen LogP contribution in [0.15, 0.2) is 36.4 Å². The second kappa shape index (κ2) is 6.81. The topological polar surface area (TPSA) is 119 Å². The Hall–Kier alpha value is -3.26. The van der Waals surface area contributed by atoms with Gasteiger partial charge in [-0.05, 0) is 30.2 Å². The summed E-state index contributed by atoms with van der Waals surface area (Å²) in [5.41, 5.74) is -0.664. The number of nitro groups is 1. The number of carbonyl (C=O) groups excluding carboxylic acids is 2. The van der Waals surface area contributed by atoms with Gasteiger partial charge in [-0.15, -0.1) is 0 Å². The number of methoxy groups -OCH3 is 1. The molecule has 1 aliphatic heterocycles. The van der Waals surface area contributed by atoms with Gasteiger partial charge in [-0.25, -0.2) is 0 Å². The van der Waals surface area contributed by atoms with Crippen LogP contribution in [0.3, 0.4) is 0 Å². The van der Waals surface area contributed by atoms with Gasteiger partial charge in [-0.1, -0.05) is 19.1 Å². The van der Waals surface area contributed by atoms with Crippen LogP contribution in [0.2, 0.25) is 0 Å². The zero-order chi connectivity index (χ0) is 19.8. The zero-order valence-corrected chi connectivity index (χ0v) is 14.8.